The molecule has 2 aromatic carbocycles. The van der Waals surface area contributed by atoms with Crippen LogP contribution in [0.2, 0.25) is 0 Å². The Morgan fingerprint density at radius 3 is 2.48 bits per heavy atom. The molecule has 1 unspecified atom stereocenters. The number of carbonyl (C=O) groups excluding carboxylic acids is 3. The molecule has 0 radical (unpaired) electrons. The third-order valence-corrected chi connectivity index (χ3v) is 17.0. The molecule has 11 heteroatoms. The van der Waals surface area contributed by atoms with Gasteiger partial charge in [-0.3, -0.25) is 0 Å². The number of hydrogen-bond donors (Lipinski definition) is 0. The van der Waals surface area contributed by atoms with Gasteiger partial charge < -0.3 is 0 Å². The van der Waals surface area contributed by atoms with Gasteiger partial charge in [0.05, 0.1) is 0 Å². The van der Waals surface area contributed by atoms with Gasteiger partial charge in [-0.05, 0) is 0 Å². The number of aromatic nitrogens is 1. The fourth-order valence-corrected chi connectivity index (χ4v) is 16.5. The van der Waals surface area contributed by atoms with Crippen LogP contribution in [0.25, 0.3) is 0 Å². The van der Waals surface area contributed by atoms with Crippen LogP contribution in [0.3, 0.4) is 0 Å². The zero-order valence-corrected chi connectivity index (χ0v) is 24.9. The number of nitrogens with zero attached hydrogens (tertiary/aromatic N) is 4. The summed E-state index contributed by atoms with van der Waals surface area (Å²) in [5, 5.41) is 0. The first-order chi connectivity index (χ1) is 20.1. The second kappa shape index (κ2) is 9.72. The van der Waals surface area contributed by atoms with E-state index >= 15 is 0 Å². The second-order valence-corrected chi connectivity index (χ2v) is 19.1. The molecule has 3 atom stereocenters. The Hall–Kier alpha value is -3.61. The Morgan fingerprint density at radius 1 is 1.05 bits per heavy atom. The molecule has 42 heavy (non-hydrogen) atoms. The average Bonchev–Trinajstić information content (AvgIpc) is 3.63. The van der Waals surface area contributed by atoms with Gasteiger partial charge >= 0.3 is 245 Å². The molecular weight excluding hydrogens is 660 g/mol. The quantitative estimate of drug-likeness (QED) is 0.205. The van der Waals surface area contributed by atoms with E-state index < -0.39 is 72.8 Å². The van der Waals surface area contributed by atoms with Crippen molar-refractivity contribution in [1.82, 2.24) is 8.10 Å². The Kier molecular flexibility index (Phi) is 6.30. The number of carbonyl (C=O) groups is 3. The van der Waals surface area contributed by atoms with Crippen LogP contribution in [0.1, 0.15) is 43.0 Å². The fraction of sp³-hybridized carbons (Fsp3) is 0.323. The molecule has 1 aliphatic carbocycles. The summed E-state index contributed by atoms with van der Waals surface area (Å²) < 4.78 is 48.4. The van der Waals surface area contributed by atoms with Crippen LogP contribution in [0.5, 0.6) is 0 Å². The van der Waals surface area contributed by atoms with E-state index in [1.54, 1.807) is 46.4 Å². The molecule has 3 aliphatic heterocycles. The molecule has 1 saturated heterocycles. The van der Waals surface area contributed by atoms with Gasteiger partial charge in [-0.25, -0.2) is 0 Å². The van der Waals surface area contributed by atoms with Gasteiger partial charge in [-0.1, -0.05) is 0 Å². The Bertz CT molecular complexity index is 1700. The van der Waals surface area contributed by atoms with E-state index in [1.807, 2.05) is 12.1 Å². The maximum absolute atomic E-state index is 14.7. The molecule has 4 aliphatic rings. The number of hydrogen-bond acceptors (Lipinski definition) is 4. The standard InChI is InChI=1S/C31H28F3IN4O3/c1-19-6-4-11-26(36-19)38-25(12-13-27(38)40)29(41)37(21-8-5-7-20(32)16-21)28-23-9-2-3-10-24(23)35(14-15-35)39(30(28)42)22-17-31(33,34)18-22/h2-11,14,16,22,25,28H,12-13,15,17-18H2,1H3/t25-,28-/m0/s1. The molecule has 0 bridgehead atoms. The van der Waals surface area contributed by atoms with E-state index in [0.717, 1.165) is 3.57 Å². The Morgan fingerprint density at radius 2 is 1.79 bits per heavy atom. The predicted octanol–water partition coefficient (Wildman–Crippen LogP) is 5.38. The van der Waals surface area contributed by atoms with E-state index in [9.17, 15) is 27.6 Å². The summed E-state index contributed by atoms with van der Waals surface area (Å²) in [5.74, 6) is -4.35. The molecule has 4 heterocycles. The minimum atomic E-state index is -3.20. The minimum absolute atomic E-state index is 0.106. The van der Waals surface area contributed by atoms with E-state index in [0.29, 0.717) is 21.5 Å². The van der Waals surface area contributed by atoms with Gasteiger partial charge in [0.1, 0.15) is 0 Å². The summed E-state index contributed by atoms with van der Waals surface area (Å²) in [7, 11) is 0. The van der Waals surface area contributed by atoms with Gasteiger partial charge in [0.25, 0.3) is 0 Å². The van der Waals surface area contributed by atoms with Gasteiger partial charge in [0.15, 0.2) is 0 Å². The fourth-order valence-electron chi connectivity index (χ4n) is 6.39. The number of amides is 3. The van der Waals surface area contributed by atoms with E-state index in [1.165, 1.54) is 28.0 Å². The summed E-state index contributed by atoms with van der Waals surface area (Å²) in [6, 6.07) is 15.2. The van der Waals surface area contributed by atoms with Crippen LogP contribution in [0.15, 0.2) is 66.7 Å². The van der Waals surface area contributed by atoms with Crippen molar-refractivity contribution in [1.29, 1.82) is 0 Å². The van der Waals surface area contributed by atoms with E-state index in [-0.39, 0.29) is 24.4 Å². The van der Waals surface area contributed by atoms with Crippen molar-refractivity contribution < 1.29 is 27.6 Å². The van der Waals surface area contributed by atoms with Crippen molar-refractivity contribution in [2.24, 2.45) is 0 Å². The average molecular weight is 688 g/mol. The van der Waals surface area contributed by atoms with Crippen molar-refractivity contribution in [3.05, 3.63) is 87.4 Å². The van der Waals surface area contributed by atoms with E-state index in [4.69, 9.17) is 0 Å². The molecular formula is C31H28F3IN4O3. The molecule has 1 aromatic heterocycles. The number of fused-ring (bicyclic) bond motifs is 2. The first-order valence-corrected chi connectivity index (χ1v) is 18.6. The van der Waals surface area contributed by atoms with Gasteiger partial charge in [0, 0.05) is 0 Å². The van der Waals surface area contributed by atoms with Crippen LogP contribution in [0, 0.1) is 16.3 Å². The Labute approximate surface area is 244 Å². The number of pyridine rings is 1. The van der Waals surface area contributed by atoms with Crippen LogP contribution in [-0.2, 0) is 14.4 Å². The predicted molar refractivity (Wildman–Crippen MR) is 161 cm³/mol. The van der Waals surface area contributed by atoms with Crippen molar-refractivity contribution in [2.75, 3.05) is 14.2 Å². The van der Waals surface area contributed by atoms with Crippen molar-refractivity contribution in [3.8, 4) is 0 Å². The van der Waals surface area contributed by atoms with Gasteiger partial charge in [-0.2, -0.15) is 0 Å². The zero-order chi connectivity index (χ0) is 29.4. The molecule has 0 N–H and O–H groups in total. The number of aryl methyl sites for hydroxylation is 1. The first kappa shape index (κ1) is 27.2. The third-order valence-electron chi connectivity index (χ3n) is 8.36. The van der Waals surface area contributed by atoms with Crippen LogP contribution in [-0.4, -0.2) is 52.3 Å². The van der Waals surface area contributed by atoms with Crippen molar-refractivity contribution in [2.45, 2.75) is 56.7 Å². The summed E-state index contributed by atoms with van der Waals surface area (Å²) in [4.78, 5) is 49.5. The number of alkyl halides is 3. The molecule has 7 nitrogen and oxygen atoms in total. The van der Waals surface area contributed by atoms with Crippen LogP contribution < -0.4 is 9.80 Å². The molecule has 1 spiro atoms. The number of anilines is 2. The second-order valence-electron chi connectivity index (χ2n) is 11.1. The van der Waals surface area contributed by atoms with E-state index in [2.05, 4.69) is 9.00 Å². The first-order valence-electron chi connectivity index (χ1n) is 13.8. The summed E-state index contributed by atoms with van der Waals surface area (Å²) in [6.45, 7) is 1.78. The SMILES string of the molecule is Cc1cccc(N2C(=O)CC[C@H]2C(=O)N(c2cccc(F)c2)[C@@H]2C(=O)N(C3CC(F)(F)C3)I3(=CC3)c3ccccc32)n1. The number of benzene rings is 2. The Balaban J connectivity index is 1.37. The third kappa shape index (κ3) is 4.26. The van der Waals surface area contributed by atoms with Crippen LogP contribution in [0.4, 0.5) is 24.7 Å². The topological polar surface area (TPSA) is 73.8 Å². The van der Waals surface area contributed by atoms with Crippen molar-refractivity contribution in [3.63, 3.8) is 0 Å². The summed E-state index contributed by atoms with van der Waals surface area (Å²) in [6.07, 6.45) is -0.529. The molecule has 2 fully saturated rings. The molecule has 218 valence electrons. The number of halogens is 4. The molecule has 3 aromatic rings. The number of rotatable bonds is 5. The van der Waals surface area contributed by atoms with Crippen LogP contribution >= 0.6 is 18.2 Å². The molecule has 3 amide bonds. The monoisotopic (exact) mass is 688 g/mol. The van der Waals surface area contributed by atoms with Gasteiger partial charge in [0.2, 0.25) is 0 Å². The molecule has 1 saturated carbocycles. The summed E-state index contributed by atoms with van der Waals surface area (Å²) in [5.41, 5.74) is 1.46. The molecule has 7 rings (SSSR count). The summed E-state index contributed by atoms with van der Waals surface area (Å²) >= 11 is -3.20. The zero-order valence-electron chi connectivity index (χ0n) is 22.7. The maximum atomic E-state index is 14.7. The van der Waals surface area contributed by atoms with Crippen molar-refractivity contribution >= 4 is 51.5 Å². The normalized spacial score (nSPS) is 27.6. The van der Waals surface area contributed by atoms with Gasteiger partial charge in [-0.15, -0.1) is 0 Å².